The van der Waals surface area contributed by atoms with Gasteiger partial charge >= 0.3 is 0 Å². The number of nitrogens with one attached hydrogen (secondary N) is 1. The van der Waals surface area contributed by atoms with Crippen molar-refractivity contribution in [3.05, 3.63) is 24.0 Å². The highest BCUT2D eigenvalue weighted by Crippen LogP contribution is 2.48. The summed E-state index contributed by atoms with van der Waals surface area (Å²) >= 11 is 0. The normalized spacial score (nSPS) is 22.4. The minimum atomic E-state index is -3.25. The largest absolute Gasteiger partial charge is 0.342 e. The molecule has 0 aliphatic heterocycles. The molecular weight excluding hydrogens is 272 g/mol. The van der Waals surface area contributed by atoms with Crippen LogP contribution in [0.5, 0.6) is 0 Å². The Kier molecular flexibility index (Phi) is 2.94. The third-order valence-electron chi connectivity index (χ3n) is 4.48. The molecule has 1 atom stereocenters. The van der Waals surface area contributed by atoms with Gasteiger partial charge in [-0.2, -0.15) is 0 Å². The highest BCUT2D eigenvalue weighted by Gasteiger charge is 2.37. The lowest BCUT2D eigenvalue weighted by Crippen LogP contribution is -2.16. The van der Waals surface area contributed by atoms with Crippen molar-refractivity contribution >= 4 is 20.9 Å². The Labute approximate surface area is 119 Å². The number of hydrogen-bond donors (Lipinski definition) is 1. The fourth-order valence-electron chi connectivity index (χ4n) is 3.32. The van der Waals surface area contributed by atoms with Crippen molar-refractivity contribution in [2.75, 3.05) is 6.26 Å². The first-order valence-corrected chi connectivity index (χ1v) is 8.87. The zero-order valence-corrected chi connectivity index (χ0v) is 12.9. The topological polar surface area (TPSA) is 62.8 Å². The predicted octanol–water partition coefficient (Wildman–Crippen LogP) is 3.26. The van der Waals surface area contributed by atoms with Crippen molar-refractivity contribution in [3.63, 3.8) is 0 Å². The van der Waals surface area contributed by atoms with E-state index in [4.69, 9.17) is 0 Å². The van der Waals surface area contributed by atoms with E-state index in [-0.39, 0.29) is 5.41 Å². The molecule has 1 aromatic heterocycles. The average molecular weight is 292 g/mol. The van der Waals surface area contributed by atoms with Crippen molar-refractivity contribution in [2.24, 2.45) is 5.41 Å². The first-order chi connectivity index (χ1) is 9.29. The molecule has 1 fully saturated rings. The van der Waals surface area contributed by atoms with Gasteiger partial charge < -0.3 is 4.98 Å². The van der Waals surface area contributed by atoms with E-state index in [9.17, 15) is 8.42 Å². The molecule has 0 amide bonds. The van der Waals surface area contributed by atoms with Crippen molar-refractivity contribution in [3.8, 4) is 0 Å². The average Bonchev–Trinajstić information content (AvgIpc) is 2.88. The van der Waals surface area contributed by atoms with Gasteiger partial charge in [0.1, 0.15) is 11.3 Å². The van der Waals surface area contributed by atoms with E-state index >= 15 is 0 Å². The van der Waals surface area contributed by atoms with Gasteiger partial charge in [-0.1, -0.05) is 26.3 Å². The molecular formula is C15H20N2O2S. The fourth-order valence-corrected chi connectivity index (χ4v) is 4.16. The van der Waals surface area contributed by atoms with Crippen LogP contribution in [-0.2, 0) is 9.84 Å². The Morgan fingerprint density at radius 2 is 2.10 bits per heavy atom. The fraction of sp³-hybridized carbons (Fsp3) is 0.533. The lowest BCUT2D eigenvalue weighted by atomic mass is 9.81. The quantitative estimate of drug-likeness (QED) is 0.924. The van der Waals surface area contributed by atoms with E-state index in [0.29, 0.717) is 16.3 Å². The third-order valence-corrected chi connectivity index (χ3v) is 5.61. The molecule has 1 unspecified atom stereocenters. The van der Waals surface area contributed by atoms with Crippen molar-refractivity contribution in [1.29, 1.82) is 0 Å². The predicted molar refractivity (Wildman–Crippen MR) is 79.6 cm³/mol. The lowest BCUT2D eigenvalue weighted by Gasteiger charge is -2.24. The number of fused-ring (bicyclic) bond motifs is 1. The summed E-state index contributed by atoms with van der Waals surface area (Å²) in [7, 11) is -3.25. The zero-order valence-electron chi connectivity index (χ0n) is 12.1. The van der Waals surface area contributed by atoms with Gasteiger partial charge in [0.2, 0.25) is 0 Å². The molecule has 20 heavy (non-hydrogen) atoms. The number of benzene rings is 1. The maximum absolute atomic E-state index is 11.9. The minimum Gasteiger partial charge on any atom is -0.342 e. The summed E-state index contributed by atoms with van der Waals surface area (Å²) in [5, 5.41) is 0. The number of aromatic nitrogens is 2. The lowest BCUT2D eigenvalue weighted by molar-refractivity contribution is 0.324. The number of nitrogens with zero attached hydrogens (tertiary/aromatic N) is 1. The molecule has 1 aliphatic carbocycles. The van der Waals surface area contributed by atoms with E-state index in [2.05, 4.69) is 23.8 Å². The SMILES string of the molecule is CC1(C)CCCC1c1nc2c(S(C)(=O)=O)cccc2[nH]1. The maximum Gasteiger partial charge on any atom is 0.177 e. The zero-order chi connectivity index (χ0) is 14.5. The molecule has 0 bridgehead atoms. The summed E-state index contributed by atoms with van der Waals surface area (Å²) in [6.45, 7) is 4.52. The summed E-state index contributed by atoms with van der Waals surface area (Å²) in [5.41, 5.74) is 1.61. The van der Waals surface area contributed by atoms with Crippen LogP contribution in [-0.4, -0.2) is 24.6 Å². The van der Waals surface area contributed by atoms with Crippen LogP contribution in [0.15, 0.2) is 23.1 Å². The number of rotatable bonds is 2. The van der Waals surface area contributed by atoms with Gasteiger partial charge in [-0.15, -0.1) is 0 Å². The molecule has 1 heterocycles. The van der Waals surface area contributed by atoms with Gasteiger partial charge in [0.05, 0.1) is 10.4 Å². The second-order valence-electron chi connectivity index (χ2n) is 6.48. The molecule has 5 heteroatoms. The molecule has 1 N–H and O–H groups in total. The van der Waals surface area contributed by atoms with E-state index in [1.807, 2.05) is 6.07 Å². The van der Waals surface area contributed by atoms with E-state index in [0.717, 1.165) is 17.8 Å². The minimum absolute atomic E-state index is 0.221. The summed E-state index contributed by atoms with van der Waals surface area (Å²) in [6.07, 6.45) is 4.73. The van der Waals surface area contributed by atoms with Gasteiger partial charge in [-0.3, -0.25) is 0 Å². The summed E-state index contributed by atoms with van der Waals surface area (Å²) < 4.78 is 23.7. The van der Waals surface area contributed by atoms with Crippen LogP contribution in [0.4, 0.5) is 0 Å². The highest BCUT2D eigenvalue weighted by atomic mass is 32.2. The van der Waals surface area contributed by atoms with Crippen molar-refractivity contribution in [2.45, 2.75) is 43.9 Å². The van der Waals surface area contributed by atoms with Crippen LogP contribution >= 0.6 is 0 Å². The molecule has 0 spiro atoms. The molecule has 3 rings (SSSR count). The van der Waals surface area contributed by atoms with Gasteiger partial charge in [0.15, 0.2) is 9.84 Å². The molecule has 1 saturated carbocycles. The van der Waals surface area contributed by atoms with Crippen LogP contribution < -0.4 is 0 Å². The van der Waals surface area contributed by atoms with Crippen LogP contribution in [0.2, 0.25) is 0 Å². The van der Waals surface area contributed by atoms with Gasteiger partial charge in [-0.25, -0.2) is 13.4 Å². The second kappa shape index (κ2) is 4.32. The molecule has 1 aliphatic rings. The number of imidazole rings is 1. The van der Waals surface area contributed by atoms with Crippen LogP contribution in [0.1, 0.15) is 44.9 Å². The van der Waals surface area contributed by atoms with E-state index < -0.39 is 9.84 Å². The summed E-state index contributed by atoms with van der Waals surface area (Å²) in [6, 6.07) is 5.28. The standard InChI is InChI=1S/C15H20N2O2S/c1-15(2)9-5-6-10(15)14-16-11-7-4-8-12(13(11)17-14)20(3,18)19/h4,7-8,10H,5-6,9H2,1-3H3,(H,16,17). The Bertz CT molecular complexity index is 759. The number of para-hydroxylation sites is 1. The van der Waals surface area contributed by atoms with Crippen LogP contribution in [0.3, 0.4) is 0 Å². The number of hydrogen-bond acceptors (Lipinski definition) is 3. The molecule has 0 radical (unpaired) electrons. The molecule has 0 saturated heterocycles. The number of H-pyrrole nitrogens is 1. The van der Waals surface area contributed by atoms with E-state index in [1.54, 1.807) is 12.1 Å². The Hall–Kier alpha value is -1.36. The van der Waals surface area contributed by atoms with Crippen molar-refractivity contribution in [1.82, 2.24) is 9.97 Å². The second-order valence-corrected chi connectivity index (χ2v) is 8.46. The van der Waals surface area contributed by atoms with Gasteiger partial charge in [0.25, 0.3) is 0 Å². The van der Waals surface area contributed by atoms with Crippen LogP contribution in [0, 0.1) is 5.41 Å². The third kappa shape index (κ3) is 2.14. The Morgan fingerprint density at radius 1 is 1.35 bits per heavy atom. The Morgan fingerprint density at radius 3 is 2.70 bits per heavy atom. The molecule has 4 nitrogen and oxygen atoms in total. The number of aromatic amines is 1. The van der Waals surface area contributed by atoms with Crippen LogP contribution in [0.25, 0.3) is 11.0 Å². The molecule has 108 valence electrons. The summed E-state index contributed by atoms with van der Waals surface area (Å²) in [4.78, 5) is 8.27. The Balaban J connectivity index is 2.17. The first-order valence-electron chi connectivity index (χ1n) is 6.98. The van der Waals surface area contributed by atoms with Gasteiger partial charge in [-0.05, 0) is 30.4 Å². The monoisotopic (exact) mass is 292 g/mol. The summed E-state index contributed by atoms with van der Waals surface area (Å²) in [5.74, 6) is 1.31. The van der Waals surface area contributed by atoms with Crippen molar-refractivity contribution < 1.29 is 8.42 Å². The molecule has 1 aromatic carbocycles. The maximum atomic E-state index is 11.9. The van der Waals surface area contributed by atoms with E-state index in [1.165, 1.54) is 19.1 Å². The first kappa shape index (κ1) is 13.6. The number of sulfone groups is 1. The highest BCUT2D eigenvalue weighted by molar-refractivity contribution is 7.91. The molecule has 2 aromatic rings. The smallest absolute Gasteiger partial charge is 0.177 e. The van der Waals surface area contributed by atoms with Gasteiger partial charge in [0, 0.05) is 12.2 Å².